The Bertz CT molecular complexity index is 795. The molecule has 1 amide bonds. The van der Waals surface area contributed by atoms with Crippen molar-refractivity contribution in [3.05, 3.63) is 40.0 Å². The highest BCUT2D eigenvalue weighted by atomic mass is 32.1. The molecule has 4 heterocycles. The third-order valence-electron chi connectivity index (χ3n) is 4.74. The van der Waals surface area contributed by atoms with E-state index in [1.54, 1.807) is 17.4 Å². The fraction of sp³-hybridized carbons (Fsp3) is 0.500. The van der Waals surface area contributed by atoms with Crippen LogP contribution in [0.15, 0.2) is 23.8 Å². The Morgan fingerprint density at radius 2 is 2.33 bits per heavy atom. The van der Waals surface area contributed by atoms with Gasteiger partial charge in [-0.1, -0.05) is 0 Å². The number of aliphatic hydroxyl groups excluding tert-OH is 1. The number of β-amino-alcohol motifs (C(OH)–C–C–N with tert-alkyl or cyclic N) is 1. The Hall–Kier alpha value is -2.07. The average molecular weight is 389 g/mol. The minimum absolute atomic E-state index is 0.190. The lowest BCUT2D eigenvalue weighted by atomic mass is 10.1. The van der Waals surface area contributed by atoms with Crippen molar-refractivity contribution >= 4 is 23.1 Å². The van der Waals surface area contributed by atoms with Gasteiger partial charge < -0.3 is 20.5 Å². The van der Waals surface area contributed by atoms with E-state index in [4.69, 9.17) is 4.74 Å². The van der Waals surface area contributed by atoms with Crippen LogP contribution in [0.4, 0.5) is 5.82 Å². The number of thiophene rings is 1. The number of nitrogens with one attached hydrogen (secondary N) is 2. The second-order valence-corrected chi connectivity index (χ2v) is 7.89. The summed E-state index contributed by atoms with van der Waals surface area (Å²) in [5, 5.41) is 18.4. The maximum atomic E-state index is 12.3. The second-order valence-electron chi connectivity index (χ2n) is 6.89. The van der Waals surface area contributed by atoms with Crippen molar-refractivity contribution in [1.29, 1.82) is 0 Å². The fourth-order valence-corrected chi connectivity index (χ4v) is 4.10. The number of aliphatic hydroxyl groups is 1. The molecular weight excluding hydrogens is 366 g/mol. The summed E-state index contributed by atoms with van der Waals surface area (Å²) in [4.78, 5) is 24.1. The van der Waals surface area contributed by atoms with Gasteiger partial charge in [-0.3, -0.25) is 9.69 Å². The first-order valence-corrected chi connectivity index (χ1v) is 9.95. The van der Waals surface area contributed by atoms with E-state index in [9.17, 15) is 9.90 Å². The van der Waals surface area contributed by atoms with Gasteiger partial charge in [0, 0.05) is 37.1 Å². The molecule has 1 fully saturated rings. The molecule has 0 spiro atoms. The van der Waals surface area contributed by atoms with Gasteiger partial charge in [0.05, 0.1) is 25.4 Å². The summed E-state index contributed by atoms with van der Waals surface area (Å²) in [6.07, 6.45) is 1.76. The van der Waals surface area contributed by atoms with Crippen LogP contribution in [-0.2, 0) is 17.7 Å². The van der Waals surface area contributed by atoms with Crippen molar-refractivity contribution in [2.75, 3.05) is 38.2 Å². The predicted molar refractivity (Wildman–Crippen MR) is 102 cm³/mol. The third kappa shape index (κ3) is 4.62. The number of rotatable bonds is 7. The van der Waals surface area contributed by atoms with E-state index in [0.29, 0.717) is 25.6 Å². The highest BCUT2D eigenvalue weighted by Gasteiger charge is 2.21. The molecule has 1 atom stereocenters. The summed E-state index contributed by atoms with van der Waals surface area (Å²) in [6.45, 7) is 3.80. The van der Waals surface area contributed by atoms with Crippen molar-refractivity contribution in [3.8, 4) is 0 Å². The largest absolute Gasteiger partial charge is 0.390 e. The summed E-state index contributed by atoms with van der Waals surface area (Å²) in [7, 11) is 0. The van der Waals surface area contributed by atoms with E-state index in [0.717, 1.165) is 19.5 Å². The lowest BCUT2D eigenvalue weighted by Gasteiger charge is -2.28. The van der Waals surface area contributed by atoms with Crippen molar-refractivity contribution in [2.45, 2.75) is 25.1 Å². The quantitative estimate of drug-likeness (QED) is 0.634. The number of aromatic nitrogens is 2. The molecule has 1 unspecified atom stereocenters. The third-order valence-corrected chi connectivity index (χ3v) is 5.77. The van der Waals surface area contributed by atoms with E-state index in [2.05, 4.69) is 36.9 Å². The number of carbonyl (C=O) groups is 1. The zero-order valence-corrected chi connectivity index (χ0v) is 15.7. The Morgan fingerprint density at radius 3 is 3.15 bits per heavy atom. The smallest absolute Gasteiger partial charge is 0.270 e. The fourth-order valence-electron chi connectivity index (χ4n) is 3.21. The maximum Gasteiger partial charge on any atom is 0.270 e. The van der Waals surface area contributed by atoms with Crippen LogP contribution in [0.3, 0.4) is 0 Å². The van der Waals surface area contributed by atoms with Gasteiger partial charge in [-0.05, 0) is 23.4 Å². The number of fused-ring (bicyclic) bond motifs is 1. The van der Waals surface area contributed by atoms with Gasteiger partial charge >= 0.3 is 0 Å². The van der Waals surface area contributed by atoms with Gasteiger partial charge in [-0.2, -0.15) is 0 Å². The molecule has 0 bridgehead atoms. The zero-order valence-electron chi connectivity index (χ0n) is 14.9. The van der Waals surface area contributed by atoms with Crippen LogP contribution < -0.4 is 10.6 Å². The summed E-state index contributed by atoms with van der Waals surface area (Å²) >= 11 is 1.80. The van der Waals surface area contributed by atoms with Crippen LogP contribution in [0, 0.1) is 0 Å². The molecule has 3 N–H and O–H groups in total. The van der Waals surface area contributed by atoms with Gasteiger partial charge in [-0.25, -0.2) is 9.97 Å². The number of anilines is 1. The van der Waals surface area contributed by atoms with Crippen LogP contribution in [0.2, 0.25) is 0 Å². The number of carbonyl (C=O) groups excluding carboxylic acids is 1. The molecule has 27 heavy (non-hydrogen) atoms. The molecule has 144 valence electrons. The van der Waals surface area contributed by atoms with E-state index >= 15 is 0 Å². The lowest BCUT2D eigenvalue weighted by molar-refractivity contribution is 0.0209. The molecule has 0 aliphatic carbocycles. The van der Waals surface area contributed by atoms with Crippen LogP contribution in [-0.4, -0.2) is 70.9 Å². The standard InChI is InChI=1S/C18H23N5O3S/c24-14(8-23-3-1-16-12(7-23)2-4-27-16)6-19-18(25)15-5-17(21-11-20-15)22-13-9-26-10-13/h2,4-5,11,13-14,24H,1,3,6-10H2,(H,19,25)(H,20,21,22). The van der Waals surface area contributed by atoms with E-state index in [1.165, 1.54) is 16.8 Å². The molecular formula is C18H23N5O3S. The van der Waals surface area contributed by atoms with Gasteiger partial charge in [0.15, 0.2) is 0 Å². The summed E-state index contributed by atoms with van der Waals surface area (Å²) in [5.74, 6) is 0.284. The monoisotopic (exact) mass is 389 g/mol. The zero-order chi connectivity index (χ0) is 18.6. The summed E-state index contributed by atoms with van der Waals surface area (Å²) in [6, 6.07) is 3.99. The number of ether oxygens (including phenoxy) is 1. The Labute approximate surface area is 161 Å². The van der Waals surface area contributed by atoms with Crippen molar-refractivity contribution < 1.29 is 14.6 Å². The van der Waals surface area contributed by atoms with Gasteiger partial charge in [0.2, 0.25) is 0 Å². The minimum Gasteiger partial charge on any atom is -0.390 e. The Kier molecular flexibility index (Phi) is 5.63. The molecule has 9 heteroatoms. The van der Waals surface area contributed by atoms with Crippen molar-refractivity contribution in [3.63, 3.8) is 0 Å². The number of nitrogens with zero attached hydrogens (tertiary/aromatic N) is 3. The first kappa shape index (κ1) is 18.3. The van der Waals surface area contributed by atoms with Crippen LogP contribution in [0.5, 0.6) is 0 Å². The number of amides is 1. The molecule has 8 nitrogen and oxygen atoms in total. The topological polar surface area (TPSA) is 99.6 Å². The molecule has 4 rings (SSSR count). The Balaban J connectivity index is 1.24. The van der Waals surface area contributed by atoms with E-state index in [-0.39, 0.29) is 24.2 Å². The predicted octanol–water partition coefficient (Wildman–Crippen LogP) is 0.498. The average Bonchev–Trinajstić information content (AvgIpc) is 3.11. The first-order chi connectivity index (χ1) is 13.2. The van der Waals surface area contributed by atoms with Gasteiger partial charge in [-0.15, -0.1) is 11.3 Å². The molecule has 0 radical (unpaired) electrons. The normalized spacial score (nSPS) is 18.4. The van der Waals surface area contributed by atoms with E-state index in [1.807, 2.05) is 0 Å². The molecule has 0 aromatic carbocycles. The lowest BCUT2D eigenvalue weighted by Crippen LogP contribution is -2.42. The molecule has 2 aliphatic heterocycles. The first-order valence-electron chi connectivity index (χ1n) is 9.07. The molecule has 2 aliphatic rings. The van der Waals surface area contributed by atoms with Gasteiger partial charge in [0.25, 0.3) is 5.91 Å². The molecule has 2 aromatic heterocycles. The minimum atomic E-state index is -0.624. The highest BCUT2D eigenvalue weighted by Crippen LogP contribution is 2.23. The van der Waals surface area contributed by atoms with Crippen LogP contribution >= 0.6 is 11.3 Å². The van der Waals surface area contributed by atoms with Crippen LogP contribution in [0.1, 0.15) is 20.9 Å². The molecule has 0 saturated carbocycles. The SMILES string of the molecule is O=C(NCC(O)CN1CCc2sccc2C1)c1cc(NC2COC2)ncn1. The van der Waals surface area contributed by atoms with Crippen LogP contribution in [0.25, 0.3) is 0 Å². The number of hydrogen-bond acceptors (Lipinski definition) is 8. The highest BCUT2D eigenvalue weighted by molar-refractivity contribution is 7.10. The molecule has 2 aromatic rings. The maximum absolute atomic E-state index is 12.3. The second kappa shape index (κ2) is 8.30. The molecule has 1 saturated heterocycles. The summed E-state index contributed by atoms with van der Waals surface area (Å²) in [5.41, 5.74) is 1.63. The summed E-state index contributed by atoms with van der Waals surface area (Å²) < 4.78 is 5.11. The number of hydrogen-bond donors (Lipinski definition) is 3. The van der Waals surface area contributed by atoms with Gasteiger partial charge in [0.1, 0.15) is 17.8 Å². The van der Waals surface area contributed by atoms with E-state index < -0.39 is 6.10 Å². The van der Waals surface area contributed by atoms with Crippen molar-refractivity contribution in [1.82, 2.24) is 20.2 Å². The van der Waals surface area contributed by atoms with Crippen molar-refractivity contribution in [2.24, 2.45) is 0 Å². The Morgan fingerprint density at radius 1 is 1.44 bits per heavy atom.